The molecule has 0 N–H and O–H groups in total. The molecule has 0 aliphatic heterocycles. The number of ether oxygens (including phenoxy) is 1. The van der Waals surface area contributed by atoms with Crippen LogP contribution in [0.25, 0.3) is 15.9 Å². The van der Waals surface area contributed by atoms with Crippen molar-refractivity contribution >= 4 is 27.3 Å². The van der Waals surface area contributed by atoms with Gasteiger partial charge in [-0.3, -0.25) is 0 Å². The summed E-state index contributed by atoms with van der Waals surface area (Å²) >= 11 is 1.30. The molecule has 2 heterocycles. The van der Waals surface area contributed by atoms with E-state index >= 15 is 0 Å². The molecule has 0 saturated heterocycles. The van der Waals surface area contributed by atoms with E-state index in [9.17, 15) is 13.2 Å². The Balaban J connectivity index is 1.71. The molecule has 0 radical (unpaired) electrons. The number of halogens is 3. The molecule has 3 rings (SSSR count). The summed E-state index contributed by atoms with van der Waals surface area (Å²) in [6, 6.07) is 11.0. The van der Waals surface area contributed by atoms with Crippen LogP contribution in [0.3, 0.4) is 0 Å². The molecule has 24 heavy (non-hydrogen) atoms. The van der Waals surface area contributed by atoms with Crippen molar-refractivity contribution in [3.63, 3.8) is 0 Å². The van der Waals surface area contributed by atoms with E-state index in [0.717, 1.165) is 5.56 Å². The molecule has 0 saturated carbocycles. The van der Waals surface area contributed by atoms with Gasteiger partial charge in [0.2, 0.25) is 0 Å². The van der Waals surface area contributed by atoms with Gasteiger partial charge in [0, 0.05) is 11.8 Å². The van der Waals surface area contributed by atoms with E-state index in [1.807, 2.05) is 30.3 Å². The lowest BCUT2D eigenvalue weighted by atomic mass is 10.1. The quantitative estimate of drug-likeness (QED) is 0.651. The number of allylic oxidation sites excluding steroid dienone is 1. The van der Waals surface area contributed by atoms with Gasteiger partial charge in [0.15, 0.2) is 0 Å². The first-order valence-electron chi connectivity index (χ1n) is 7.07. The van der Waals surface area contributed by atoms with Crippen molar-refractivity contribution in [2.24, 2.45) is 0 Å². The lowest BCUT2D eigenvalue weighted by Gasteiger charge is -2.09. The number of rotatable bonds is 5. The zero-order chi connectivity index (χ0) is 17.2. The standard InChI is InChI=1S/C17H13F3N2OS/c1-11(17(18,19)20)13-7-14-16(21-8-13)24-15(22-14)10-23-9-12-5-3-2-4-6-12/h2-8H,1,9-10H2. The Morgan fingerprint density at radius 2 is 1.92 bits per heavy atom. The van der Waals surface area contributed by atoms with Gasteiger partial charge in [-0.1, -0.05) is 48.2 Å². The summed E-state index contributed by atoms with van der Waals surface area (Å²) in [7, 11) is 0. The van der Waals surface area contributed by atoms with Gasteiger partial charge < -0.3 is 4.74 Å². The Kier molecular flexibility index (Phi) is 4.64. The minimum atomic E-state index is -4.48. The molecule has 0 bridgehead atoms. The molecule has 124 valence electrons. The number of benzene rings is 1. The largest absolute Gasteiger partial charge is 0.416 e. The summed E-state index contributed by atoms with van der Waals surface area (Å²) in [5.41, 5.74) is 0.463. The number of thiazole rings is 1. The van der Waals surface area contributed by atoms with Crippen LogP contribution in [0.15, 0.2) is 49.2 Å². The molecule has 0 aliphatic rings. The number of aromatic nitrogens is 2. The third-order valence-corrected chi connectivity index (χ3v) is 4.27. The first kappa shape index (κ1) is 16.6. The van der Waals surface area contributed by atoms with E-state index in [1.54, 1.807) is 0 Å². The van der Waals surface area contributed by atoms with Crippen LogP contribution in [-0.2, 0) is 18.0 Å². The summed E-state index contributed by atoms with van der Waals surface area (Å²) in [4.78, 5) is 8.91. The van der Waals surface area contributed by atoms with E-state index in [4.69, 9.17) is 4.74 Å². The molecular weight excluding hydrogens is 337 g/mol. The maximum Gasteiger partial charge on any atom is 0.416 e. The van der Waals surface area contributed by atoms with E-state index in [-0.39, 0.29) is 12.2 Å². The molecule has 0 aliphatic carbocycles. The van der Waals surface area contributed by atoms with Crippen molar-refractivity contribution in [2.45, 2.75) is 19.4 Å². The van der Waals surface area contributed by atoms with E-state index < -0.39 is 11.7 Å². The van der Waals surface area contributed by atoms with Gasteiger partial charge in [0.1, 0.15) is 15.4 Å². The lowest BCUT2D eigenvalue weighted by molar-refractivity contribution is -0.0686. The van der Waals surface area contributed by atoms with Crippen LogP contribution in [0.2, 0.25) is 0 Å². The monoisotopic (exact) mass is 350 g/mol. The van der Waals surface area contributed by atoms with Crippen molar-refractivity contribution in [1.29, 1.82) is 0 Å². The minimum absolute atomic E-state index is 0.0722. The molecule has 0 spiro atoms. The fourth-order valence-electron chi connectivity index (χ4n) is 2.09. The zero-order valence-electron chi connectivity index (χ0n) is 12.5. The first-order chi connectivity index (χ1) is 11.4. The fourth-order valence-corrected chi connectivity index (χ4v) is 2.91. The number of alkyl halides is 3. The third-order valence-electron chi connectivity index (χ3n) is 3.32. The van der Waals surface area contributed by atoms with Crippen molar-refractivity contribution in [2.75, 3.05) is 0 Å². The van der Waals surface area contributed by atoms with E-state index in [2.05, 4.69) is 16.5 Å². The topological polar surface area (TPSA) is 35.0 Å². The summed E-state index contributed by atoms with van der Waals surface area (Å²) < 4.78 is 43.7. The number of pyridine rings is 1. The van der Waals surface area contributed by atoms with Crippen LogP contribution < -0.4 is 0 Å². The highest BCUT2D eigenvalue weighted by atomic mass is 32.1. The van der Waals surface area contributed by atoms with Gasteiger partial charge >= 0.3 is 6.18 Å². The predicted octanol–water partition coefficient (Wildman–Crippen LogP) is 4.98. The van der Waals surface area contributed by atoms with Gasteiger partial charge in [0.25, 0.3) is 0 Å². The summed E-state index contributed by atoms with van der Waals surface area (Å²) in [5, 5.41) is 0.670. The Hall–Kier alpha value is -2.25. The van der Waals surface area contributed by atoms with Gasteiger partial charge in [-0.05, 0) is 11.6 Å². The highest BCUT2D eigenvalue weighted by molar-refractivity contribution is 7.18. The SMILES string of the molecule is C=C(c1cnc2sc(COCc3ccccc3)nc2c1)C(F)(F)F. The van der Waals surface area contributed by atoms with E-state index in [1.165, 1.54) is 23.6 Å². The molecule has 2 aromatic heterocycles. The number of nitrogens with zero attached hydrogens (tertiary/aromatic N) is 2. The second kappa shape index (κ2) is 6.70. The molecule has 1 aromatic carbocycles. The van der Waals surface area contributed by atoms with Crippen LogP contribution >= 0.6 is 11.3 Å². The average molecular weight is 350 g/mol. The zero-order valence-corrected chi connectivity index (χ0v) is 13.3. The Morgan fingerprint density at radius 1 is 1.17 bits per heavy atom. The van der Waals surface area contributed by atoms with Crippen molar-refractivity contribution < 1.29 is 17.9 Å². The molecule has 0 atom stereocenters. The van der Waals surface area contributed by atoms with Gasteiger partial charge in [-0.2, -0.15) is 13.2 Å². The summed E-state index contributed by atoms with van der Waals surface area (Å²) in [5.74, 6) is 0. The van der Waals surface area contributed by atoms with Crippen LogP contribution in [0, 0.1) is 0 Å². The Morgan fingerprint density at radius 3 is 2.62 bits per heavy atom. The van der Waals surface area contributed by atoms with Crippen molar-refractivity contribution in [3.05, 3.63) is 65.3 Å². The molecule has 0 unspecified atom stereocenters. The molecule has 3 aromatic rings. The second-order valence-corrected chi connectivity index (χ2v) is 6.17. The van der Waals surface area contributed by atoms with Gasteiger partial charge in [-0.15, -0.1) is 0 Å². The van der Waals surface area contributed by atoms with E-state index in [0.29, 0.717) is 22.0 Å². The highest BCUT2D eigenvalue weighted by Gasteiger charge is 2.33. The van der Waals surface area contributed by atoms with Crippen LogP contribution in [0.4, 0.5) is 13.2 Å². The van der Waals surface area contributed by atoms with Crippen molar-refractivity contribution in [3.8, 4) is 0 Å². The minimum Gasteiger partial charge on any atom is -0.370 e. The fraction of sp³-hybridized carbons (Fsp3) is 0.176. The Labute approximate surface area is 140 Å². The normalized spacial score (nSPS) is 11.8. The first-order valence-corrected chi connectivity index (χ1v) is 7.89. The van der Waals surface area contributed by atoms with Crippen LogP contribution in [0.1, 0.15) is 16.1 Å². The molecule has 7 heteroatoms. The third kappa shape index (κ3) is 3.80. The van der Waals surface area contributed by atoms with Gasteiger partial charge in [0.05, 0.1) is 18.8 Å². The highest BCUT2D eigenvalue weighted by Crippen LogP contribution is 2.33. The maximum absolute atomic E-state index is 12.7. The predicted molar refractivity (Wildman–Crippen MR) is 87.4 cm³/mol. The average Bonchev–Trinajstić information content (AvgIpc) is 2.96. The summed E-state index contributed by atoms with van der Waals surface area (Å²) in [6.45, 7) is 3.81. The molecule has 0 fully saturated rings. The molecular formula is C17H13F3N2OS. The molecule has 3 nitrogen and oxygen atoms in total. The van der Waals surface area contributed by atoms with Crippen LogP contribution in [-0.4, -0.2) is 16.1 Å². The lowest BCUT2D eigenvalue weighted by Crippen LogP contribution is -2.09. The number of hydrogen-bond acceptors (Lipinski definition) is 4. The van der Waals surface area contributed by atoms with Crippen molar-refractivity contribution in [1.82, 2.24) is 9.97 Å². The number of fused-ring (bicyclic) bond motifs is 1. The maximum atomic E-state index is 12.7. The van der Waals surface area contributed by atoms with Crippen LogP contribution in [0.5, 0.6) is 0 Å². The summed E-state index contributed by atoms with van der Waals surface area (Å²) in [6.07, 6.45) is -3.31. The Bertz CT molecular complexity index is 859. The molecule has 0 amide bonds. The van der Waals surface area contributed by atoms with Gasteiger partial charge in [-0.25, -0.2) is 9.97 Å². The second-order valence-electron chi connectivity index (χ2n) is 5.11. The number of hydrogen-bond donors (Lipinski definition) is 0. The smallest absolute Gasteiger partial charge is 0.370 e.